The molecule has 0 bridgehead atoms. The number of aliphatic carboxylic acids is 1. The molecule has 5 nitrogen and oxygen atoms in total. The van der Waals surface area contributed by atoms with Crippen LogP contribution in [0.3, 0.4) is 0 Å². The standard InChI is InChI=1S/C13H19F3N2O3/c1-8-6-9(11(19)20)4-5-17(8)12(21)18(10-2-3-10)7-13(14,15)16/h8-10H,2-7H2,1H3,(H,19,20). The number of amides is 2. The lowest BCUT2D eigenvalue weighted by Crippen LogP contribution is -2.54. The average Bonchev–Trinajstić information content (AvgIpc) is 3.18. The maximum atomic E-state index is 12.6. The number of carboxylic acid groups (broad SMARTS) is 1. The molecule has 1 N–H and O–H groups in total. The van der Waals surface area contributed by atoms with Crippen LogP contribution in [0.2, 0.25) is 0 Å². The molecule has 2 fully saturated rings. The van der Waals surface area contributed by atoms with Crippen molar-refractivity contribution in [1.82, 2.24) is 9.80 Å². The van der Waals surface area contributed by atoms with Gasteiger partial charge in [0.05, 0.1) is 5.92 Å². The van der Waals surface area contributed by atoms with Crippen LogP contribution in [0.15, 0.2) is 0 Å². The highest BCUT2D eigenvalue weighted by molar-refractivity contribution is 5.76. The van der Waals surface area contributed by atoms with Crippen LogP contribution in [-0.2, 0) is 4.79 Å². The minimum Gasteiger partial charge on any atom is -0.481 e. The minimum atomic E-state index is -4.42. The summed E-state index contributed by atoms with van der Waals surface area (Å²) in [5, 5.41) is 8.98. The Bertz CT molecular complexity index is 423. The third-order valence-electron chi connectivity index (χ3n) is 4.05. The molecule has 21 heavy (non-hydrogen) atoms. The molecule has 1 saturated heterocycles. The number of nitrogens with zero attached hydrogens (tertiary/aromatic N) is 2. The lowest BCUT2D eigenvalue weighted by molar-refractivity contribution is -0.144. The van der Waals surface area contributed by atoms with E-state index in [9.17, 15) is 22.8 Å². The predicted molar refractivity (Wildman–Crippen MR) is 67.7 cm³/mol. The van der Waals surface area contributed by atoms with Gasteiger partial charge in [-0.15, -0.1) is 0 Å². The quantitative estimate of drug-likeness (QED) is 0.870. The molecule has 0 aromatic rings. The summed E-state index contributed by atoms with van der Waals surface area (Å²) in [6.45, 7) is 0.645. The highest BCUT2D eigenvalue weighted by Gasteiger charge is 2.44. The van der Waals surface area contributed by atoms with Gasteiger partial charge in [0, 0.05) is 18.6 Å². The summed E-state index contributed by atoms with van der Waals surface area (Å²) in [5.41, 5.74) is 0. The highest BCUT2D eigenvalue weighted by atomic mass is 19.4. The van der Waals surface area contributed by atoms with Gasteiger partial charge in [-0.25, -0.2) is 4.79 Å². The van der Waals surface area contributed by atoms with Crippen LogP contribution >= 0.6 is 0 Å². The van der Waals surface area contributed by atoms with Gasteiger partial charge in [-0.05, 0) is 32.6 Å². The largest absolute Gasteiger partial charge is 0.481 e. The van der Waals surface area contributed by atoms with Gasteiger partial charge in [0.15, 0.2) is 0 Å². The number of hydrogen-bond donors (Lipinski definition) is 1. The molecule has 2 aliphatic rings. The first-order valence-electron chi connectivity index (χ1n) is 7.06. The first kappa shape index (κ1) is 15.9. The fraction of sp³-hybridized carbons (Fsp3) is 0.846. The van der Waals surface area contributed by atoms with Crippen LogP contribution in [0.4, 0.5) is 18.0 Å². The van der Waals surface area contributed by atoms with Crippen molar-refractivity contribution in [3.8, 4) is 0 Å². The number of piperidine rings is 1. The molecule has 120 valence electrons. The molecule has 2 rings (SSSR count). The Balaban J connectivity index is 2.02. The molecule has 1 saturated carbocycles. The zero-order valence-corrected chi connectivity index (χ0v) is 11.8. The summed E-state index contributed by atoms with van der Waals surface area (Å²) in [5.74, 6) is -1.44. The molecule has 1 heterocycles. The summed E-state index contributed by atoms with van der Waals surface area (Å²) in [6, 6.07) is -1.31. The first-order chi connectivity index (χ1) is 9.69. The normalized spacial score (nSPS) is 26.6. The van der Waals surface area contributed by atoms with E-state index in [1.165, 1.54) is 4.90 Å². The molecule has 0 aromatic carbocycles. The van der Waals surface area contributed by atoms with Crippen molar-refractivity contribution in [2.45, 2.75) is 50.9 Å². The van der Waals surface area contributed by atoms with Crippen LogP contribution in [0.25, 0.3) is 0 Å². The van der Waals surface area contributed by atoms with Crippen LogP contribution in [0.1, 0.15) is 32.6 Å². The van der Waals surface area contributed by atoms with Gasteiger partial charge in [-0.2, -0.15) is 13.2 Å². The smallest absolute Gasteiger partial charge is 0.406 e. The number of carbonyl (C=O) groups excluding carboxylic acids is 1. The van der Waals surface area contributed by atoms with E-state index in [-0.39, 0.29) is 31.5 Å². The van der Waals surface area contributed by atoms with Gasteiger partial charge in [-0.1, -0.05) is 0 Å². The number of likely N-dealkylation sites (tertiary alicyclic amines) is 1. The second-order valence-electron chi connectivity index (χ2n) is 5.86. The van der Waals surface area contributed by atoms with Crippen molar-refractivity contribution in [1.29, 1.82) is 0 Å². The van der Waals surface area contributed by atoms with E-state index in [2.05, 4.69) is 0 Å². The van der Waals surface area contributed by atoms with E-state index in [4.69, 9.17) is 5.11 Å². The second-order valence-corrected chi connectivity index (χ2v) is 5.86. The third kappa shape index (κ3) is 4.01. The maximum absolute atomic E-state index is 12.6. The minimum absolute atomic E-state index is 0.193. The van der Waals surface area contributed by atoms with Gasteiger partial charge in [0.25, 0.3) is 0 Å². The van der Waals surface area contributed by atoms with Crippen molar-refractivity contribution in [3.63, 3.8) is 0 Å². The molecule has 2 unspecified atom stereocenters. The predicted octanol–water partition coefficient (Wildman–Crippen LogP) is 2.32. The average molecular weight is 308 g/mol. The summed E-state index contributed by atoms with van der Waals surface area (Å²) in [6.07, 6.45) is -2.65. The molecule has 2 atom stereocenters. The van der Waals surface area contributed by atoms with Gasteiger partial charge in [-0.3, -0.25) is 4.79 Å². The zero-order chi connectivity index (χ0) is 15.8. The van der Waals surface area contributed by atoms with Crippen LogP contribution in [0.5, 0.6) is 0 Å². The number of hydrogen-bond acceptors (Lipinski definition) is 2. The number of halogens is 3. The van der Waals surface area contributed by atoms with E-state index in [0.717, 1.165) is 4.90 Å². The Hall–Kier alpha value is -1.47. The number of carbonyl (C=O) groups is 2. The van der Waals surface area contributed by atoms with Crippen LogP contribution in [0, 0.1) is 5.92 Å². The Labute approximate surface area is 120 Å². The van der Waals surface area contributed by atoms with E-state index >= 15 is 0 Å². The monoisotopic (exact) mass is 308 g/mol. The SMILES string of the molecule is CC1CC(C(=O)O)CCN1C(=O)N(CC(F)(F)F)C1CC1. The molecule has 2 amide bonds. The molecule has 0 spiro atoms. The summed E-state index contributed by atoms with van der Waals surface area (Å²) in [7, 11) is 0. The van der Waals surface area contributed by atoms with Crippen LogP contribution < -0.4 is 0 Å². The maximum Gasteiger partial charge on any atom is 0.406 e. The van der Waals surface area contributed by atoms with E-state index in [1.54, 1.807) is 6.92 Å². The number of carboxylic acids is 1. The van der Waals surface area contributed by atoms with Crippen molar-refractivity contribution >= 4 is 12.0 Å². The topological polar surface area (TPSA) is 60.9 Å². The molecular formula is C13H19F3N2O3. The summed E-state index contributed by atoms with van der Waals surface area (Å²) in [4.78, 5) is 25.6. The second kappa shape index (κ2) is 5.73. The van der Waals surface area contributed by atoms with Gasteiger partial charge in [0.2, 0.25) is 0 Å². The fourth-order valence-corrected chi connectivity index (χ4v) is 2.78. The van der Waals surface area contributed by atoms with Crippen LogP contribution in [-0.4, -0.2) is 58.3 Å². The lowest BCUT2D eigenvalue weighted by atomic mass is 9.92. The molecule has 8 heteroatoms. The van der Waals surface area contributed by atoms with Gasteiger partial charge < -0.3 is 14.9 Å². The van der Waals surface area contributed by atoms with Crippen molar-refractivity contribution in [2.75, 3.05) is 13.1 Å². The molecule has 1 aliphatic carbocycles. The molecule has 0 radical (unpaired) electrons. The number of alkyl halides is 3. The number of urea groups is 1. The Kier molecular flexibility index (Phi) is 4.34. The fourth-order valence-electron chi connectivity index (χ4n) is 2.78. The van der Waals surface area contributed by atoms with Crippen molar-refractivity contribution in [3.05, 3.63) is 0 Å². The van der Waals surface area contributed by atoms with E-state index in [0.29, 0.717) is 12.8 Å². The highest BCUT2D eigenvalue weighted by Crippen LogP contribution is 2.33. The molecule has 1 aliphatic heterocycles. The van der Waals surface area contributed by atoms with Crippen molar-refractivity contribution < 1.29 is 27.9 Å². The van der Waals surface area contributed by atoms with Crippen molar-refractivity contribution in [2.24, 2.45) is 5.92 Å². The summed E-state index contributed by atoms with van der Waals surface area (Å²) >= 11 is 0. The Morgan fingerprint density at radius 1 is 1.29 bits per heavy atom. The Morgan fingerprint density at radius 2 is 1.90 bits per heavy atom. The van der Waals surface area contributed by atoms with Gasteiger partial charge >= 0.3 is 18.2 Å². The number of rotatable bonds is 3. The van der Waals surface area contributed by atoms with E-state index < -0.39 is 30.6 Å². The lowest BCUT2D eigenvalue weighted by Gasteiger charge is -2.39. The zero-order valence-electron chi connectivity index (χ0n) is 11.8. The summed E-state index contributed by atoms with van der Waals surface area (Å²) < 4.78 is 37.8. The molecular weight excluding hydrogens is 289 g/mol. The third-order valence-corrected chi connectivity index (χ3v) is 4.05. The first-order valence-corrected chi connectivity index (χ1v) is 7.06. The molecule has 0 aromatic heterocycles. The Morgan fingerprint density at radius 3 is 2.33 bits per heavy atom. The van der Waals surface area contributed by atoms with E-state index in [1.807, 2.05) is 0 Å². The van der Waals surface area contributed by atoms with Gasteiger partial charge in [0.1, 0.15) is 6.54 Å².